The number of amides is 1. The summed E-state index contributed by atoms with van der Waals surface area (Å²) in [5.74, 6) is -0.435. The molecular weight excluding hydrogens is 226 g/mol. The molecule has 7 heteroatoms. The molecule has 1 rings (SSSR count). The Hall–Kier alpha value is -1.76. The average Bonchev–Trinajstić information content (AvgIpc) is 2.27. The van der Waals surface area contributed by atoms with Crippen molar-refractivity contribution in [1.29, 1.82) is 0 Å². The van der Waals surface area contributed by atoms with Gasteiger partial charge in [-0.1, -0.05) is 6.08 Å². The highest BCUT2D eigenvalue weighted by atomic mass is 16.6. The van der Waals surface area contributed by atoms with Crippen LogP contribution in [0.2, 0.25) is 0 Å². The summed E-state index contributed by atoms with van der Waals surface area (Å²) in [6, 6.07) is -0.640. The second-order valence-corrected chi connectivity index (χ2v) is 3.80. The molecule has 0 spiro atoms. The molecular formula is C10H17N3O4. The van der Waals surface area contributed by atoms with E-state index in [4.69, 9.17) is 26.7 Å². The van der Waals surface area contributed by atoms with Crippen LogP contribution in [0.4, 0.5) is 4.79 Å². The van der Waals surface area contributed by atoms with Crippen molar-refractivity contribution >= 4 is 12.1 Å². The molecule has 0 aromatic rings. The Balaban J connectivity index is 2.40. The van der Waals surface area contributed by atoms with E-state index in [1.165, 1.54) is 6.20 Å². The quantitative estimate of drug-likeness (QED) is 0.531. The van der Waals surface area contributed by atoms with Crippen LogP contribution in [0.15, 0.2) is 12.3 Å². The molecule has 6 N–H and O–H groups in total. The van der Waals surface area contributed by atoms with E-state index in [1.54, 1.807) is 6.08 Å². The van der Waals surface area contributed by atoms with Crippen molar-refractivity contribution in [2.75, 3.05) is 0 Å². The summed E-state index contributed by atoms with van der Waals surface area (Å²) in [6.45, 7) is 0. The van der Waals surface area contributed by atoms with Crippen molar-refractivity contribution in [3.63, 3.8) is 0 Å². The van der Waals surface area contributed by atoms with Crippen molar-refractivity contribution in [2.45, 2.75) is 37.5 Å². The first-order chi connectivity index (χ1) is 8.04. The highest BCUT2D eigenvalue weighted by Gasteiger charge is 2.41. The number of nitrogens with two attached hydrogens (primary N) is 3. The zero-order valence-electron chi connectivity index (χ0n) is 9.37. The van der Waals surface area contributed by atoms with Gasteiger partial charge in [-0.2, -0.15) is 0 Å². The molecule has 1 aliphatic heterocycles. The number of carbonyl (C=O) groups is 2. The van der Waals surface area contributed by atoms with Gasteiger partial charge in [0.1, 0.15) is 18.2 Å². The molecule has 0 radical (unpaired) electrons. The fourth-order valence-corrected chi connectivity index (χ4v) is 1.60. The second-order valence-electron chi connectivity index (χ2n) is 3.80. The van der Waals surface area contributed by atoms with E-state index in [0.717, 1.165) is 0 Å². The average molecular weight is 243 g/mol. The molecule has 0 aliphatic carbocycles. The highest BCUT2D eigenvalue weighted by molar-refractivity contribution is 5.81. The Kier molecular flexibility index (Phi) is 4.77. The van der Waals surface area contributed by atoms with Crippen LogP contribution in [0.1, 0.15) is 19.3 Å². The van der Waals surface area contributed by atoms with Crippen LogP contribution in [-0.4, -0.2) is 30.3 Å². The summed E-state index contributed by atoms with van der Waals surface area (Å²) >= 11 is 0. The van der Waals surface area contributed by atoms with E-state index in [0.29, 0.717) is 19.3 Å². The summed E-state index contributed by atoms with van der Waals surface area (Å²) in [5, 5.41) is 0. The third-order valence-corrected chi connectivity index (χ3v) is 2.51. The molecule has 1 saturated heterocycles. The van der Waals surface area contributed by atoms with E-state index < -0.39 is 30.3 Å². The third kappa shape index (κ3) is 3.95. The molecule has 96 valence electrons. The second kappa shape index (κ2) is 6.09. The summed E-state index contributed by atoms with van der Waals surface area (Å²) in [7, 11) is 0. The van der Waals surface area contributed by atoms with Gasteiger partial charge >= 0.3 is 12.1 Å². The predicted octanol–water partition coefficient (Wildman–Crippen LogP) is -0.654. The minimum Gasteiger partial charge on any atom is -0.459 e. The largest absolute Gasteiger partial charge is 0.459 e. The van der Waals surface area contributed by atoms with E-state index in [1.807, 2.05) is 0 Å². The number of rotatable bonds is 6. The normalized spacial score (nSPS) is 25.1. The Morgan fingerprint density at radius 2 is 2.29 bits per heavy atom. The van der Waals surface area contributed by atoms with E-state index in [9.17, 15) is 9.59 Å². The number of hydrogen-bond acceptors (Lipinski definition) is 6. The lowest BCUT2D eigenvalue weighted by Crippen LogP contribution is -2.57. The molecule has 1 aliphatic rings. The van der Waals surface area contributed by atoms with E-state index in [2.05, 4.69) is 0 Å². The van der Waals surface area contributed by atoms with Gasteiger partial charge in [0.25, 0.3) is 0 Å². The topological polar surface area (TPSA) is 131 Å². The molecule has 0 bridgehead atoms. The van der Waals surface area contributed by atoms with Gasteiger partial charge in [-0.05, 0) is 19.0 Å². The Morgan fingerprint density at radius 1 is 1.59 bits per heavy atom. The maximum absolute atomic E-state index is 10.8. The molecule has 0 aromatic heterocycles. The van der Waals surface area contributed by atoms with E-state index in [-0.39, 0.29) is 0 Å². The van der Waals surface area contributed by atoms with Gasteiger partial charge in [0.2, 0.25) is 0 Å². The Labute approximate surface area is 98.9 Å². The van der Waals surface area contributed by atoms with Crippen molar-refractivity contribution < 1.29 is 19.1 Å². The zero-order chi connectivity index (χ0) is 12.8. The van der Waals surface area contributed by atoms with Crippen molar-refractivity contribution in [3.8, 4) is 0 Å². The molecule has 3 atom stereocenters. The summed E-state index contributed by atoms with van der Waals surface area (Å²) in [6.07, 6.45) is 3.02. The Bertz CT molecular complexity index is 319. The van der Waals surface area contributed by atoms with Crippen molar-refractivity contribution in [2.24, 2.45) is 17.2 Å². The molecule has 1 amide bonds. The lowest BCUT2D eigenvalue weighted by Gasteiger charge is -2.34. The van der Waals surface area contributed by atoms with Crippen molar-refractivity contribution in [3.05, 3.63) is 12.3 Å². The molecule has 0 unspecified atom stereocenters. The van der Waals surface area contributed by atoms with Crippen LogP contribution >= 0.6 is 0 Å². The van der Waals surface area contributed by atoms with Crippen LogP contribution in [0.5, 0.6) is 0 Å². The number of carbonyl (C=O) groups excluding carboxylic acids is 2. The number of ether oxygens (including phenoxy) is 2. The van der Waals surface area contributed by atoms with Crippen LogP contribution in [-0.2, 0) is 14.3 Å². The third-order valence-electron chi connectivity index (χ3n) is 2.51. The lowest BCUT2D eigenvalue weighted by atomic mass is 9.98. The van der Waals surface area contributed by atoms with Gasteiger partial charge in [-0.3, -0.25) is 4.79 Å². The van der Waals surface area contributed by atoms with Crippen LogP contribution in [0.25, 0.3) is 0 Å². The molecule has 7 nitrogen and oxygen atoms in total. The molecule has 0 aromatic carbocycles. The van der Waals surface area contributed by atoms with Gasteiger partial charge in [0.05, 0.1) is 0 Å². The monoisotopic (exact) mass is 243 g/mol. The lowest BCUT2D eigenvalue weighted by molar-refractivity contribution is -0.176. The Morgan fingerprint density at radius 3 is 2.76 bits per heavy atom. The fraction of sp³-hybridized carbons (Fsp3) is 0.600. The number of primary amides is 1. The minimum atomic E-state index is -0.856. The maximum atomic E-state index is 10.8. The molecule has 1 heterocycles. The summed E-state index contributed by atoms with van der Waals surface area (Å²) < 4.78 is 9.74. The first-order valence-electron chi connectivity index (χ1n) is 5.33. The summed E-state index contributed by atoms with van der Waals surface area (Å²) in [4.78, 5) is 21.5. The number of cyclic esters (lactones) is 1. The van der Waals surface area contributed by atoms with Gasteiger partial charge in [-0.15, -0.1) is 0 Å². The fourth-order valence-electron chi connectivity index (χ4n) is 1.60. The number of hydrogen-bond donors (Lipinski definition) is 3. The molecule has 0 saturated carbocycles. The minimum absolute atomic E-state index is 0.355. The smallest absolute Gasteiger partial charge is 0.404 e. The van der Waals surface area contributed by atoms with Crippen molar-refractivity contribution in [1.82, 2.24) is 0 Å². The first-order valence-corrected chi connectivity index (χ1v) is 5.33. The zero-order valence-corrected chi connectivity index (χ0v) is 9.37. The number of esters is 1. The van der Waals surface area contributed by atoms with Crippen LogP contribution < -0.4 is 17.2 Å². The summed E-state index contributed by atoms with van der Waals surface area (Å²) in [5.41, 5.74) is 15.7. The van der Waals surface area contributed by atoms with E-state index >= 15 is 0 Å². The molecule has 17 heavy (non-hydrogen) atoms. The standard InChI is InChI=1S/C10H17N3O4/c11-4-2-1-3-6(16-10(13)15)5-7-8(12)9(14)17-7/h2,4,6-8H,1,3,5,11-12H2,(H2,13,15)/b4-2+/t6-,7-,8-/m0/s1. The van der Waals surface area contributed by atoms with Crippen LogP contribution in [0, 0.1) is 0 Å². The van der Waals surface area contributed by atoms with Gasteiger partial charge < -0.3 is 26.7 Å². The van der Waals surface area contributed by atoms with Gasteiger partial charge in [0, 0.05) is 6.42 Å². The van der Waals surface area contributed by atoms with Gasteiger partial charge in [-0.25, -0.2) is 4.79 Å². The first kappa shape index (κ1) is 13.3. The maximum Gasteiger partial charge on any atom is 0.404 e. The van der Waals surface area contributed by atoms with Gasteiger partial charge in [0.15, 0.2) is 0 Å². The number of allylic oxidation sites excluding steroid dienone is 1. The highest BCUT2D eigenvalue weighted by Crippen LogP contribution is 2.21. The SMILES string of the molecule is N/C=C/CC[C@@H](C[C@@H]1OC(=O)[C@H]1N)OC(N)=O. The predicted molar refractivity (Wildman–Crippen MR) is 59.5 cm³/mol. The van der Waals surface area contributed by atoms with Crippen LogP contribution in [0.3, 0.4) is 0 Å². The molecule has 1 fully saturated rings.